The summed E-state index contributed by atoms with van der Waals surface area (Å²) in [4.78, 5) is 33.0. The molecule has 4 heterocycles. The molecule has 212 valence electrons. The Hall–Kier alpha value is -5.07. The molecule has 0 radical (unpaired) electrons. The van der Waals surface area contributed by atoms with E-state index in [0.29, 0.717) is 71.3 Å². The van der Waals surface area contributed by atoms with Gasteiger partial charge in [0.1, 0.15) is 0 Å². The van der Waals surface area contributed by atoms with Crippen LogP contribution in [0.1, 0.15) is 12.8 Å². The van der Waals surface area contributed by atoms with Crippen molar-refractivity contribution < 1.29 is 19.0 Å². The SMILES string of the molecule is COc1cc(Nc2nc(Nc3nc4ccccc4n3C)nc3c2ncn3CCN2CCCC2=O)cc(OC)c1OC. The van der Waals surface area contributed by atoms with Crippen LogP contribution in [0.4, 0.5) is 23.4 Å². The average Bonchev–Trinajstić information content (AvgIpc) is 3.68. The average molecular weight is 558 g/mol. The van der Waals surface area contributed by atoms with E-state index in [4.69, 9.17) is 29.2 Å². The highest BCUT2D eigenvalue weighted by atomic mass is 16.5. The molecule has 1 aliphatic heterocycles. The summed E-state index contributed by atoms with van der Waals surface area (Å²) in [7, 11) is 6.62. The van der Waals surface area contributed by atoms with Gasteiger partial charge < -0.3 is 33.6 Å². The van der Waals surface area contributed by atoms with Crippen LogP contribution in [-0.4, -0.2) is 74.3 Å². The zero-order chi connectivity index (χ0) is 28.5. The van der Waals surface area contributed by atoms with Crippen molar-refractivity contribution >= 4 is 51.5 Å². The first kappa shape index (κ1) is 26.2. The van der Waals surface area contributed by atoms with Gasteiger partial charge in [0.2, 0.25) is 23.6 Å². The number of aryl methyl sites for hydroxylation is 1. The molecule has 5 aromatic rings. The van der Waals surface area contributed by atoms with Crippen molar-refractivity contribution in [1.29, 1.82) is 0 Å². The number of aromatic nitrogens is 6. The second-order valence-electron chi connectivity index (χ2n) is 9.64. The molecule has 1 amide bonds. The predicted molar refractivity (Wildman–Crippen MR) is 155 cm³/mol. The molecular weight excluding hydrogens is 526 g/mol. The van der Waals surface area contributed by atoms with Gasteiger partial charge in [0.15, 0.2) is 28.5 Å². The standard InChI is InChI=1S/C28H31N9O4/c1-35-19-9-6-5-8-18(19)31-28(35)34-27-32-25(30-17-14-20(39-2)24(41-4)21(15-17)40-3)23-26(33-27)37(16-29-23)13-12-36-11-7-10-22(36)38/h5-6,8-9,14-16H,7,10-13H2,1-4H3,(H2,30,31,32,33,34). The minimum atomic E-state index is 0.179. The Bertz CT molecular complexity index is 1720. The third-order valence-corrected chi connectivity index (χ3v) is 7.18. The van der Waals surface area contributed by atoms with E-state index in [2.05, 4.69) is 15.6 Å². The highest BCUT2D eigenvalue weighted by molar-refractivity contribution is 5.88. The van der Waals surface area contributed by atoms with E-state index >= 15 is 0 Å². The molecule has 1 fully saturated rings. The Labute approximate surface area is 236 Å². The van der Waals surface area contributed by atoms with Crippen molar-refractivity contribution in [2.45, 2.75) is 19.4 Å². The Kier molecular flexibility index (Phi) is 6.91. The first-order valence-corrected chi connectivity index (χ1v) is 13.2. The van der Waals surface area contributed by atoms with Crippen molar-refractivity contribution in [3.8, 4) is 17.2 Å². The van der Waals surface area contributed by atoms with Crippen LogP contribution in [0, 0.1) is 0 Å². The minimum Gasteiger partial charge on any atom is -0.493 e. The molecule has 2 N–H and O–H groups in total. The lowest BCUT2D eigenvalue weighted by Crippen LogP contribution is -2.28. The number of ether oxygens (including phenoxy) is 3. The van der Waals surface area contributed by atoms with E-state index in [9.17, 15) is 4.79 Å². The fraction of sp³-hybridized carbons (Fsp3) is 0.321. The van der Waals surface area contributed by atoms with Crippen molar-refractivity contribution in [3.63, 3.8) is 0 Å². The lowest BCUT2D eigenvalue weighted by atomic mass is 10.2. The van der Waals surface area contributed by atoms with Crippen LogP contribution in [0.2, 0.25) is 0 Å². The van der Waals surface area contributed by atoms with Crippen molar-refractivity contribution in [2.24, 2.45) is 7.05 Å². The molecule has 3 aromatic heterocycles. The van der Waals surface area contributed by atoms with Crippen LogP contribution < -0.4 is 24.8 Å². The number of imidazole rings is 2. The number of rotatable bonds is 10. The monoisotopic (exact) mass is 557 g/mol. The quantitative estimate of drug-likeness (QED) is 0.261. The predicted octanol–water partition coefficient (Wildman–Crippen LogP) is 3.85. The van der Waals surface area contributed by atoms with E-state index in [1.54, 1.807) is 39.8 Å². The molecule has 0 spiro atoms. The first-order valence-electron chi connectivity index (χ1n) is 13.2. The fourth-order valence-electron chi connectivity index (χ4n) is 5.07. The molecule has 1 aliphatic rings. The third-order valence-electron chi connectivity index (χ3n) is 7.18. The number of methoxy groups -OCH3 is 3. The number of anilines is 4. The lowest BCUT2D eigenvalue weighted by Gasteiger charge is -2.16. The number of carbonyl (C=O) groups is 1. The summed E-state index contributed by atoms with van der Waals surface area (Å²) < 4.78 is 20.4. The maximum Gasteiger partial charge on any atom is 0.233 e. The number of likely N-dealkylation sites (tertiary alicyclic amines) is 1. The fourth-order valence-corrected chi connectivity index (χ4v) is 5.07. The lowest BCUT2D eigenvalue weighted by molar-refractivity contribution is -0.127. The Morgan fingerprint density at radius 3 is 2.41 bits per heavy atom. The highest BCUT2D eigenvalue weighted by Gasteiger charge is 2.22. The molecule has 1 saturated heterocycles. The Morgan fingerprint density at radius 1 is 0.951 bits per heavy atom. The van der Waals surface area contributed by atoms with Crippen molar-refractivity contribution in [1.82, 2.24) is 34.0 Å². The van der Waals surface area contributed by atoms with Gasteiger partial charge in [-0.2, -0.15) is 9.97 Å². The van der Waals surface area contributed by atoms with Crippen molar-refractivity contribution in [3.05, 3.63) is 42.7 Å². The summed E-state index contributed by atoms with van der Waals surface area (Å²) in [5.74, 6) is 3.07. The molecule has 0 aliphatic carbocycles. The number of benzene rings is 2. The molecule has 0 unspecified atom stereocenters. The number of nitrogens with zero attached hydrogens (tertiary/aromatic N) is 7. The molecule has 0 atom stereocenters. The number of carbonyl (C=O) groups excluding carboxylic acids is 1. The van der Waals surface area contributed by atoms with Crippen LogP contribution >= 0.6 is 0 Å². The molecule has 13 nitrogen and oxygen atoms in total. The molecule has 6 rings (SSSR count). The van der Waals surface area contributed by atoms with Gasteiger partial charge in [-0.05, 0) is 18.6 Å². The van der Waals surface area contributed by atoms with Gasteiger partial charge in [-0.25, -0.2) is 9.97 Å². The van der Waals surface area contributed by atoms with E-state index in [-0.39, 0.29) is 5.91 Å². The first-order chi connectivity index (χ1) is 20.0. The maximum absolute atomic E-state index is 12.2. The normalized spacial score (nSPS) is 13.3. The summed E-state index contributed by atoms with van der Waals surface area (Å²) in [5.41, 5.74) is 3.68. The number of para-hydroxylation sites is 2. The van der Waals surface area contributed by atoms with Crippen LogP contribution in [-0.2, 0) is 18.4 Å². The third kappa shape index (κ3) is 4.90. The van der Waals surface area contributed by atoms with E-state index in [1.165, 1.54) is 0 Å². The number of hydrogen-bond acceptors (Lipinski definition) is 10. The van der Waals surface area contributed by atoms with Crippen molar-refractivity contribution in [2.75, 3.05) is 45.1 Å². The second kappa shape index (κ2) is 10.8. The van der Waals surface area contributed by atoms with Crippen LogP contribution in [0.25, 0.3) is 22.2 Å². The van der Waals surface area contributed by atoms with Gasteiger partial charge in [0.05, 0.1) is 38.7 Å². The summed E-state index contributed by atoms with van der Waals surface area (Å²) in [6, 6.07) is 11.5. The molecule has 13 heteroatoms. The Balaban J connectivity index is 1.40. The number of nitrogens with one attached hydrogen (secondary N) is 2. The topological polar surface area (TPSA) is 133 Å². The summed E-state index contributed by atoms with van der Waals surface area (Å²) >= 11 is 0. The zero-order valence-corrected chi connectivity index (χ0v) is 23.3. The highest BCUT2D eigenvalue weighted by Crippen LogP contribution is 2.41. The van der Waals surface area contributed by atoms with Crippen LogP contribution in [0.15, 0.2) is 42.7 Å². The van der Waals surface area contributed by atoms with Crippen LogP contribution in [0.3, 0.4) is 0 Å². The number of amides is 1. The van der Waals surface area contributed by atoms with Gasteiger partial charge in [0, 0.05) is 50.9 Å². The van der Waals surface area contributed by atoms with Gasteiger partial charge in [-0.3, -0.25) is 10.1 Å². The summed E-state index contributed by atoms with van der Waals surface area (Å²) in [6.45, 7) is 1.90. The van der Waals surface area contributed by atoms with E-state index in [1.807, 2.05) is 45.3 Å². The van der Waals surface area contributed by atoms with E-state index < -0.39 is 0 Å². The van der Waals surface area contributed by atoms with Gasteiger partial charge in [0.25, 0.3) is 0 Å². The summed E-state index contributed by atoms with van der Waals surface area (Å²) in [5, 5.41) is 6.64. The molecule has 0 saturated carbocycles. The van der Waals surface area contributed by atoms with Gasteiger partial charge in [-0.1, -0.05) is 12.1 Å². The van der Waals surface area contributed by atoms with Gasteiger partial charge >= 0.3 is 0 Å². The van der Waals surface area contributed by atoms with Gasteiger partial charge in [-0.15, -0.1) is 0 Å². The molecular formula is C28H31N9O4. The largest absolute Gasteiger partial charge is 0.493 e. The Morgan fingerprint density at radius 2 is 1.73 bits per heavy atom. The zero-order valence-electron chi connectivity index (χ0n) is 23.3. The molecule has 41 heavy (non-hydrogen) atoms. The second-order valence-corrected chi connectivity index (χ2v) is 9.64. The minimum absolute atomic E-state index is 0.179. The van der Waals surface area contributed by atoms with E-state index in [0.717, 1.165) is 24.0 Å². The summed E-state index contributed by atoms with van der Waals surface area (Å²) in [6.07, 6.45) is 3.21. The smallest absolute Gasteiger partial charge is 0.233 e. The molecule has 0 bridgehead atoms. The number of fused-ring (bicyclic) bond motifs is 2. The van der Waals surface area contributed by atoms with Crippen LogP contribution in [0.5, 0.6) is 17.2 Å². The maximum atomic E-state index is 12.2. The molecule has 2 aromatic carbocycles. The number of hydrogen-bond donors (Lipinski definition) is 2.